The number of hydrogen-bond acceptors (Lipinski definition) is 6. The van der Waals surface area contributed by atoms with Crippen LogP contribution in [0.3, 0.4) is 0 Å². The fraction of sp³-hybridized carbons (Fsp3) is 1.00. The lowest BCUT2D eigenvalue weighted by atomic mass is 9.43. The van der Waals surface area contributed by atoms with E-state index in [1.807, 2.05) is 13.8 Å². The second-order valence-corrected chi connectivity index (χ2v) is 14.4. The highest BCUT2D eigenvalue weighted by Crippen LogP contribution is 2.68. The van der Waals surface area contributed by atoms with Gasteiger partial charge in [0.2, 0.25) is 0 Å². The maximum atomic E-state index is 11.7. The first-order valence-electron chi connectivity index (χ1n) is 13.9. The molecule has 0 unspecified atom stereocenters. The molecule has 0 spiro atoms. The van der Waals surface area contributed by atoms with Crippen molar-refractivity contribution in [3.05, 3.63) is 0 Å². The second-order valence-electron chi connectivity index (χ2n) is 13.4. The lowest BCUT2D eigenvalue weighted by Crippen LogP contribution is -2.62. The van der Waals surface area contributed by atoms with Gasteiger partial charge in [-0.3, -0.25) is 4.55 Å². The van der Waals surface area contributed by atoms with Gasteiger partial charge in [0.05, 0.1) is 24.4 Å². The van der Waals surface area contributed by atoms with Crippen molar-refractivity contribution >= 4 is 10.4 Å². The van der Waals surface area contributed by atoms with Gasteiger partial charge in [0.15, 0.2) is 0 Å². The van der Waals surface area contributed by atoms with E-state index < -0.39 is 22.6 Å². The molecule has 0 amide bonds. The molecule has 0 saturated heterocycles. The molecule has 12 atom stereocenters. The third kappa shape index (κ3) is 4.97. The average molecular weight is 517 g/mol. The molecule has 204 valence electrons. The van der Waals surface area contributed by atoms with E-state index in [4.69, 9.17) is 4.18 Å². The van der Waals surface area contributed by atoms with Crippen LogP contribution < -0.4 is 0 Å². The molecule has 0 radical (unpaired) electrons. The molecular weight excluding hydrogens is 468 g/mol. The van der Waals surface area contributed by atoms with Crippen molar-refractivity contribution in [2.24, 2.45) is 52.3 Å². The van der Waals surface area contributed by atoms with E-state index in [1.54, 1.807) is 0 Å². The van der Waals surface area contributed by atoms with Gasteiger partial charge in [-0.25, -0.2) is 4.18 Å². The molecule has 0 aromatic heterocycles. The van der Waals surface area contributed by atoms with Crippen LogP contribution in [0.25, 0.3) is 0 Å². The summed E-state index contributed by atoms with van der Waals surface area (Å²) in [5.41, 5.74) is -0.219. The van der Waals surface area contributed by atoms with E-state index in [9.17, 15) is 28.3 Å². The van der Waals surface area contributed by atoms with Gasteiger partial charge in [-0.15, -0.1) is 0 Å². The lowest BCUT2D eigenvalue weighted by Gasteiger charge is -2.63. The first-order chi connectivity index (χ1) is 16.2. The number of rotatable bonds is 7. The Morgan fingerprint density at radius 3 is 2.26 bits per heavy atom. The van der Waals surface area contributed by atoms with Gasteiger partial charge < -0.3 is 15.3 Å². The molecule has 4 saturated carbocycles. The normalized spacial score (nSPS) is 47.6. The summed E-state index contributed by atoms with van der Waals surface area (Å²) >= 11 is 0. The van der Waals surface area contributed by atoms with Crippen molar-refractivity contribution in [3.63, 3.8) is 0 Å². The van der Waals surface area contributed by atoms with Crippen LogP contribution in [0.15, 0.2) is 0 Å². The molecule has 0 heterocycles. The molecular formula is C27H48O7S. The molecule has 7 nitrogen and oxygen atoms in total. The van der Waals surface area contributed by atoms with Gasteiger partial charge in [0.1, 0.15) is 0 Å². The summed E-state index contributed by atoms with van der Waals surface area (Å²) < 4.78 is 36.7. The van der Waals surface area contributed by atoms with Gasteiger partial charge >= 0.3 is 10.4 Å². The Kier molecular flexibility index (Phi) is 7.78. The zero-order chi connectivity index (χ0) is 25.9. The van der Waals surface area contributed by atoms with Crippen LogP contribution in [-0.4, -0.2) is 52.7 Å². The molecule has 0 aromatic carbocycles. The minimum Gasteiger partial charge on any atom is -0.393 e. The Bertz CT molecular complexity index is 862. The van der Waals surface area contributed by atoms with Crippen LogP contribution >= 0.6 is 0 Å². The van der Waals surface area contributed by atoms with E-state index >= 15 is 0 Å². The maximum Gasteiger partial charge on any atom is 0.397 e. The van der Waals surface area contributed by atoms with Crippen molar-refractivity contribution in [1.29, 1.82) is 0 Å². The largest absolute Gasteiger partial charge is 0.397 e. The molecule has 4 N–H and O–H groups in total. The van der Waals surface area contributed by atoms with Crippen LogP contribution in [0, 0.1) is 52.3 Å². The fourth-order valence-corrected chi connectivity index (χ4v) is 10.0. The molecule has 4 fully saturated rings. The zero-order valence-corrected chi connectivity index (χ0v) is 23.0. The Morgan fingerprint density at radius 1 is 0.943 bits per heavy atom. The molecule has 0 aromatic rings. The van der Waals surface area contributed by atoms with Crippen LogP contribution in [0.2, 0.25) is 0 Å². The van der Waals surface area contributed by atoms with Gasteiger partial charge in [0, 0.05) is 0 Å². The first kappa shape index (κ1) is 27.8. The predicted molar refractivity (Wildman–Crippen MR) is 134 cm³/mol. The predicted octanol–water partition coefficient (Wildman–Crippen LogP) is 4.21. The zero-order valence-electron chi connectivity index (χ0n) is 22.1. The highest BCUT2D eigenvalue weighted by atomic mass is 32.3. The molecule has 4 aliphatic carbocycles. The Morgan fingerprint density at radius 2 is 1.63 bits per heavy atom. The van der Waals surface area contributed by atoms with Gasteiger partial charge in [-0.05, 0) is 110 Å². The van der Waals surface area contributed by atoms with Crippen molar-refractivity contribution in [2.45, 2.75) is 117 Å². The SMILES string of the molecule is CC(C)[C@@H](CC[C@@H](C)[C@H]1CC[C@H]2[C@@H]3[C@H](O)C[C@H]4C[C@H](O)CC[C@]4(C)[C@H]3C[C@H](O)[C@]12C)OS(=O)(=O)O. The van der Waals surface area contributed by atoms with E-state index in [-0.39, 0.29) is 58.5 Å². The van der Waals surface area contributed by atoms with Crippen LogP contribution in [0.1, 0.15) is 92.4 Å². The molecule has 0 aliphatic heterocycles. The summed E-state index contributed by atoms with van der Waals surface area (Å²) in [6, 6.07) is 0. The second kappa shape index (κ2) is 9.81. The highest BCUT2D eigenvalue weighted by Gasteiger charge is 2.65. The minimum atomic E-state index is -4.50. The quantitative estimate of drug-likeness (QED) is 0.374. The van der Waals surface area contributed by atoms with E-state index in [0.717, 1.165) is 44.9 Å². The molecule has 8 heteroatoms. The summed E-state index contributed by atoms with van der Waals surface area (Å²) in [6.07, 6.45) is 5.62. The number of fused-ring (bicyclic) bond motifs is 5. The Hall–Kier alpha value is -0.250. The summed E-state index contributed by atoms with van der Waals surface area (Å²) in [7, 11) is -4.50. The number of aliphatic hydroxyl groups is 3. The van der Waals surface area contributed by atoms with Crippen molar-refractivity contribution in [1.82, 2.24) is 0 Å². The summed E-state index contributed by atoms with van der Waals surface area (Å²) in [5.74, 6) is 1.54. The molecule has 4 aliphatic rings. The summed E-state index contributed by atoms with van der Waals surface area (Å²) in [4.78, 5) is 0. The summed E-state index contributed by atoms with van der Waals surface area (Å²) in [6.45, 7) is 10.5. The summed E-state index contributed by atoms with van der Waals surface area (Å²) in [5, 5.41) is 33.4. The van der Waals surface area contributed by atoms with Crippen LogP contribution in [0.4, 0.5) is 0 Å². The lowest BCUT2D eigenvalue weighted by molar-refractivity contribution is -0.207. The molecule has 0 bridgehead atoms. The van der Waals surface area contributed by atoms with Gasteiger partial charge in [0.25, 0.3) is 0 Å². The number of aliphatic hydroxyl groups excluding tert-OH is 3. The molecule has 35 heavy (non-hydrogen) atoms. The Balaban J connectivity index is 1.51. The monoisotopic (exact) mass is 516 g/mol. The smallest absolute Gasteiger partial charge is 0.393 e. The fourth-order valence-electron chi connectivity index (χ4n) is 9.41. The molecule has 4 rings (SSSR count). The minimum absolute atomic E-state index is 0.0443. The van der Waals surface area contributed by atoms with Crippen LogP contribution in [0.5, 0.6) is 0 Å². The topological polar surface area (TPSA) is 124 Å². The first-order valence-corrected chi connectivity index (χ1v) is 15.2. The number of hydrogen-bond donors (Lipinski definition) is 4. The average Bonchev–Trinajstić information content (AvgIpc) is 3.10. The Labute approximate surface area is 212 Å². The van der Waals surface area contributed by atoms with E-state index in [2.05, 4.69) is 20.8 Å². The van der Waals surface area contributed by atoms with Crippen molar-refractivity contribution in [3.8, 4) is 0 Å². The third-order valence-corrected chi connectivity index (χ3v) is 11.9. The van der Waals surface area contributed by atoms with Gasteiger partial charge in [-0.2, -0.15) is 8.42 Å². The van der Waals surface area contributed by atoms with E-state index in [1.165, 1.54) is 0 Å². The van der Waals surface area contributed by atoms with Gasteiger partial charge in [-0.1, -0.05) is 34.6 Å². The standard InChI is InChI=1S/C27H48O7S/c1-15(2)23(34-35(31,32)33)9-6-16(3)19-7-8-20-25-21(14-24(30)27(19,20)5)26(4)11-10-18(28)12-17(26)13-22(25)29/h15-25,28-30H,6-14H2,1-5H3,(H,31,32,33)/t16-,17-,18-,19-,20+,21+,22-,23-,24+,25+,26+,27-/m1/s1. The van der Waals surface area contributed by atoms with E-state index in [0.29, 0.717) is 18.8 Å². The van der Waals surface area contributed by atoms with Crippen molar-refractivity contribution < 1.29 is 32.5 Å². The maximum absolute atomic E-state index is 11.7. The highest BCUT2D eigenvalue weighted by molar-refractivity contribution is 7.80. The third-order valence-electron chi connectivity index (χ3n) is 11.4. The van der Waals surface area contributed by atoms with Crippen LogP contribution in [-0.2, 0) is 14.6 Å². The van der Waals surface area contributed by atoms with Crippen molar-refractivity contribution in [2.75, 3.05) is 0 Å².